The van der Waals surface area contributed by atoms with E-state index >= 15 is 0 Å². The summed E-state index contributed by atoms with van der Waals surface area (Å²) < 4.78 is 1.92. The van der Waals surface area contributed by atoms with Crippen LogP contribution in [0.4, 0.5) is 0 Å². The molecule has 0 aliphatic carbocycles. The van der Waals surface area contributed by atoms with Crippen LogP contribution in [0.1, 0.15) is 25.6 Å². The predicted octanol–water partition coefficient (Wildman–Crippen LogP) is 2.67. The van der Waals surface area contributed by atoms with Crippen LogP contribution < -0.4 is 5.32 Å². The summed E-state index contributed by atoms with van der Waals surface area (Å²) in [6, 6.07) is 10.4. The van der Waals surface area contributed by atoms with Crippen LogP contribution in [0.5, 0.6) is 0 Å². The van der Waals surface area contributed by atoms with E-state index in [4.69, 9.17) is 0 Å². The summed E-state index contributed by atoms with van der Waals surface area (Å²) in [5.74, 6) is 2.15. The summed E-state index contributed by atoms with van der Waals surface area (Å²) in [6.45, 7) is 5.25. The molecule has 0 saturated carbocycles. The van der Waals surface area contributed by atoms with Gasteiger partial charge in [0, 0.05) is 5.75 Å². The number of aromatic nitrogens is 3. The first-order chi connectivity index (χ1) is 9.36. The van der Waals surface area contributed by atoms with Crippen LogP contribution in [0.25, 0.3) is 5.69 Å². The van der Waals surface area contributed by atoms with Gasteiger partial charge in [-0.25, -0.2) is 4.68 Å². The second-order valence-electron chi connectivity index (χ2n) is 4.18. The highest BCUT2D eigenvalue weighted by molar-refractivity contribution is 7.99. The molecule has 0 saturated heterocycles. The van der Waals surface area contributed by atoms with E-state index in [1.807, 2.05) is 53.0 Å². The molecular formula is C14H20N4S. The van der Waals surface area contributed by atoms with Crippen LogP contribution in [-0.2, 0) is 0 Å². The molecule has 1 N–H and O–H groups in total. The summed E-state index contributed by atoms with van der Waals surface area (Å²) in [7, 11) is 0. The van der Waals surface area contributed by atoms with Gasteiger partial charge in [-0.1, -0.05) is 37.3 Å². The monoisotopic (exact) mass is 276 g/mol. The Bertz CT molecular complexity index is 483. The molecule has 0 radical (unpaired) electrons. The molecule has 1 aromatic heterocycles. The van der Waals surface area contributed by atoms with Crippen LogP contribution in [0.2, 0.25) is 0 Å². The largest absolute Gasteiger partial charge is 0.308 e. The Morgan fingerprint density at radius 3 is 2.74 bits per heavy atom. The van der Waals surface area contributed by atoms with Gasteiger partial charge in [-0.3, -0.25) is 0 Å². The van der Waals surface area contributed by atoms with Crippen molar-refractivity contribution in [3.63, 3.8) is 0 Å². The van der Waals surface area contributed by atoms with E-state index in [9.17, 15) is 0 Å². The zero-order chi connectivity index (χ0) is 13.5. The maximum atomic E-state index is 4.22. The Labute approximate surface area is 118 Å². The van der Waals surface area contributed by atoms with Gasteiger partial charge in [0.25, 0.3) is 0 Å². The maximum absolute atomic E-state index is 4.22. The minimum Gasteiger partial charge on any atom is -0.308 e. The molecule has 1 atom stereocenters. The first kappa shape index (κ1) is 14.1. The third-order valence-corrected chi connectivity index (χ3v) is 3.85. The van der Waals surface area contributed by atoms with E-state index in [2.05, 4.69) is 29.5 Å². The standard InChI is InChI=1S/C14H20N4S/c1-3-15-13(11-19-4-2)14-10-16-17-18(14)12-8-6-5-7-9-12/h5-10,13,15H,3-4,11H2,1-2H3. The number of hydrogen-bond donors (Lipinski definition) is 1. The topological polar surface area (TPSA) is 42.7 Å². The van der Waals surface area contributed by atoms with Crippen LogP contribution in [0.3, 0.4) is 0 Å². The Morgan fingerprint density at radius 1 is 1.26 bits per heavy atom. The van der Waals surface area contributed by atoms with Gasteiger partial charge in [-0.05, 0) is 24.4 Å². The number of benzene rings is 1. The zero-order valence-electron chi connectivity index (χ0n) is 11.4. The second kappa shape index (κ2) is 7.31. The third kappa shape index (κ3) is 3.58. The molecule has 0 aliphatic rings. The SMILES string of the molecule is CCNC(CSCC)c1cnnn1-c1ccccc1. The van der Waals surface area contributed by atoms with Crippen LogP contribution in [0.15, 0.2) is 36.5 Å². The van der Waals surface area contributed by atoms with E-state index in [1.54, 1.807) is 0 Å². The van der Waals surface area contributed by atoms with Gasteiger partial charge in [0.15, 0.2) is 0 Å². The van der Waals surface area contributed by atoms with E-state index < -0.39 is 0 Å². The highest BCUT2D eigenvalue weighted by Crippen LogP contribution is 2.20. The lowest BCUT2D eigenvalue weighted by atomic mass is 10.2. The second-order valence-corrected chi connectivity index (χ2v) is 5.49. The summed E-state index contributed by atoms with van der Waals surface area (Å²) in [5.41, 5.74) is 2.17. The van der Waals surface area contributed by atoms with Gasteiger partial charge in [0.1, 0.15) is 0 Å². The molecule has 102 valence electrons. The summed E-state index contributed by atoms with van der Waals surface area (Å²) in [6.07, 6.45) is 1.86. The molecule has 4 nitrogen and oxygen atoms in total. The summed E-state index contributed by atoms with van der Waals surface area (Å²) in [4.78, 5) is 0. The first-order valence-corrected chi connectivity index (χ1v) is 7.79. The fourth-order valence-electron chi connectivity index (χ4n) is 1.98. The average molecular weight is 276 g/mol. The van der Waals surface area contributed by atoms with E-state index in [0.29, 0.717) is 0 Å². The number of nitrogens with one attached hydrogen (secondary N) is 1. The molecule has 0 spiro atoms. The molecule has 1 aromatic carbocycles. The molecule has 1 unspecified atom stereocenters. The fraction of sp³-hybridized carbons (Fsp3) is 0.429. The Hall–Kier alpha value is -1.33. The predicted molar refractivity (Wildman–Crippen MR) is 80.8 cm³/mol. The van der Waals surface area contributed by atoms with Crippen molar-refractivity contribution < 1.29 is 0 Å². The molecule has 0 fully saturated rings. The molecule has 2 rings (SSSR count). The fourth-order valence-corrected chi connectivity index (χ4v) is 2.74. The van der Waals surface area contributed by atoms with Crippen molar-refractivity contribution in [1.29, 1.82) is 0 Å². The van der Waals surface area contributed by atoms with Gasteiger partial charge < -0.3 is 5.32 Å². The van der Waals surface area contributed by atoms with Crippen LogP contribution in [-0.4, -0.2) is 33.0 Å². The van der Waals surface area contributed by atoms with Crippen LogP contribution >= 0.6 is 11.8 Å². The van der Waals surface area contributed by atoms with E-state index in [0.717, 1.165) is 29.4 Å². The summed E-state index contributed by atoms with van der Waals surface area (Å²) in [5, 5.41) is 11.8. The van der Waals surface area contributed by atoms with E-state index in [-0.39, 0.29) is 6.04 Å². The molecule has 0 bridgehead atoms. The normalized spacial score (nSPS) is 12.5. The minimum atomic E-state index is 0.283. The molecular weight excluding hydrogens is 256 g/mol. The van der Waals surface area contributed by atoms with Crippen molar-refractivity contribution in [2.24, 2.45) is 0 Å². The van der Waals surface area contributed by atoms with Crippen molar-refractivity contribution >= 4 is 11.8 Å². The summed E-state index contributed by atoms with van der Waals surface area (Å²) >= 11 is 1.93. The first-order valence-electron chi connectivity index (χ1n) is 6.64. The maximum Gasteiger partial charge on any atom is 0.0823 e. The molecule has 19 heavy (non-hydrogen) atoms. The molecule has 0 aliphatic heterocycles. The van der Waals surface area contributed by atoms with Crippen molar-refractivity contribution in [2.75, 3.05) is 18.1 Å². The Kier molecular flexibility index (Phi) is 5.42. The lowest BCUT2D eigenvalue weighted by molar-refractivity contribution is 0.570. The van der Waals surface area contributed by atoms with Gasteiger partial charge >= 0.3 is 0 Å². The third-order valence-electron chi connectivity index (χ3n) is 2.87. The van der Waals surface area contributed by atoms with Gasteiger partial charge in [0.05, 0.1) is 23.6 Å². The molecule has 1 heterocycles. The van der Waals surface area contributed by atoms with Gasteiger partial charge in [0.2, 0.25) is 0 Å². The van der Waals surface area contributed by atoms with Gasteiger partial charge in [-0.2, -0.15) is 11.8 Å². The smallest absolute Gasteiger partial charge is 0.0823 e. The number of rotatable bonds is 7. The number of thioether (sulfide) groups is 1. The lowest BCUT2D eigenvalue weighted by Crippen LogP contribution is -2.25. The highest BCUT2D eigenvalue weighted by Gasteiger charge is 2.16. The quantitative estimate of drug-likeness (QED) is 0.844. The van der Waals surface area contributed by atoms with Gasteiger partial charge in [-0.15, -0.1) is 5.10 Å². The number of para-hydroxylation sites is 1. The average Bonchev–Trinajstić information content (AvgIpc) is 2.93. The number of hydrogen-bond acceptors (Lipinski definition) is 4. The van der Waals surface area contributed by atoms with Crippen molar-refractivity contribution in [3.8, 4) is 5.69 Å². The lowest BCUT2D eigenvalue weighted by Gasteiger charge is -2.18. The minimum absolute atomic E-state index is 0.283. The Balaban J connectivity index is 2.26. The molecule has 5 heteroatoms. The van der Waals surface area contributed by atoms with Crippen molar-refractivity contribution in [1.82, 2.24) is 20.3 Å². The van der Waals surface area contributed by atoms with Crippen LogP contribution in [0, 0.1) is 0 Å². The molecule has 2 aromatic rings. The highest BCUT2D eigenvalue weighted by atomic mass is 32.2. The van der Waals surface area contributed by atoms with Crippen molar-refractivity contribution in [3.05, 3.63) is 42.2 Å². The number of nitrogens with zero attached hydrogens (tertiary/aromatic N) is 3. The Morgan fingerprint density at radius 2 is 2.05 bits per heavy atom. The van der Waals surface area contributed by atoms with Crippen molar-refractivity contribution in [2.45, 2.75) is 19.9 Å². The zero-order valence-corrected chi connectivity index (χ0v) is 12.2. The molecule has 0 amide bonds. The van der Waals surface area contributed by atoms with E-state index in [1.165, 1.54) is 0 Å².